The molecule has 3 N–H and O–H groups in total. The van der Waals surface area contributed by atoms with E-state index in [2.05, 4.69) is 0 Å². The minimum Gasteiger partial charge on any atom is -1.00 e. The molecule has 7 nitrogen and oxygen atoms in total. The number of aliphatic hydroxyl groups excluding tert-OH is 1. The third kappa shape index (κ3) is 6.15. The summed E-state index contributed by atoms with van der Waals surface area (Å²) in [6.45, 7) is 0. The van der Waals surface area contributed by atoms with Crippen LogP contribution in [0.1, 0.15) is 37.5 Å². The average molecular weight is 572 g/mol. The zero-order valence-electron chi connectivity index (χ0n) is 22.7. The summed E-state index contributed by atoms with van der Waals surface area (Å²) in [6, 6.07) is 24.9. The number of benzene rings is 4. The number of β-lactam (4-membered cyclic amide) rings is 1. The Balaban J connectivity index is 0.00000231. The van der Waals surface area contributed by atoms with Crippen molar-refractivity contribution in [1.29, 1.82) is 0 Å². The number of aliphatic hydroxyl groups is 1. The van der Waals surface area contributed by atoms with Gasteiger partial charge in [0, 0.05) is 11.3 Å². The molecule has 0 spiro atoms. The molecule has 1 aliphatic rings. The quantitative estimate of drug-likeness (QED) is 0.170. The molecule has 1 amide bonds. The third-order valence-corrected chi connectivity index (χ3v) is 7.96. The molecule has 202 valence electrons. The first kappa shape index (κ1) is 29.9. The molecule has 4 aromatic rings. The van der Waals surface area contributed by atoms with Gasteiger partial charge in [0.2, 0.25) is 5.91 Å². The fourth-order valence-corrected chi connectivity index (χ4v) is 5.52. The minimum atomic E-state index is -4.32. The Morgan fingerprint density at radius 1 is 0.900 bits per heavy atom. The van der Waals surface area contributed by atoms with Gasteiger partial charge >= 0.3 is 29.6 Å². The van der Waals surface area contributed by atoms with E-state index in [1.54, 1.807) is 23.1 Å². The van der Waals surface area contributed by atoms with Crippen LogP contribution in [0.5, 0.6) is 5.75 Å². The van der Waals surface area contributed by atoms with Crippen LogP contribution in [0, 0.1) is 11.7 Å². The molecule has 0 aliphatic carbocycles. The number of para-hydroxylation sites is 1. The molecule has 0 bridgehead atoms. The Hall–Kier alpha value is -3.05. The SMILES string of the molecule is O=C1[C@H](CC[C@H](O)c2ccc(F)cc2)[C@@H](c2ccc(-c3ccc(S(=O)(=O)O)cc3)cc2O)N1c1ccccc1.[H-].[Na+]. The van der Waals surface area contributed by atoms with Crippen molar-refractivity contribution < 1.29 is 63.4 Å². The van der Waals surface area contributed by atoms with Gasteiger partial charge in [0.25, 0.3) is 10.1 Å². The van der Waals surface area contributed by atoms with E-state index in [4.69, 9.17) is 0 Å². The molecule has 0 radical (unpaired) electrons. The molecular weight excluding hydrogens is 544 g/mol. The maximum absolute atomic E-state index is 13.3. The normalized spacial score (nSPS) is 17.6. The smallest absolute Gasteiger partial charge is 1.00 e. The number of aromatic hydroxyl groups is 1. The number of phenols is 1. The fraction of sp³-hybridized carbons (Fsp3) is 0.167. The molecule has 1 aliphatic heterocycles. The standard InChI is InChI=1S/C30H26FNO6S.Na.H/c31-22-11-6-20(7-12-22)27(33)17-16-26-29(32(30(26)35)23-4-2-1-3-5-23)25-15-10-21(18-28(25)34)19-8-13-24(14-9-19)39(36,37)38;;/h1-15,18,26-27,29,33-34H,16-17H2,(H,36,37,38);;/q;+1;-1/t26-,27+,29-;;/m1../s1. The van der Waals surface area contributed by atoms with Crippen molar-refractivity contribution in [3.8, 4) is 16.9 Å². The summed E-state index contributed by atoms with van der Waals surface area (Å²) < 4.78 is 45.2. The second-order valence-corrected chi connectivity index (χ2v) is 10.9. The maximum atomic E-state index is 13.3. The van der Waals surface area contributed by atoms with Gasteiger partial charge in [-0.05, 0) is 72.0 Å². The molecule has 3 atom stereocenters. The van der Waals surface area contributed by atoms with Gasteiger partial charge in [-0.2, -0.15) is 8.42 Å². The first-order valence-corrected chi connectivity index (χ1v) is 13.8. The topological polar surface area (TPSA) is 115 Å². The largest absolute Gasteiger partial charge is 1.00 e. The Bertz CT molecular complexity index is 1600. The number of carbonyl (C=O) groups excluding carboxylic acids is 1. The van der Waals surface area contributed by atoms with Crippen molar-refractivity contribution in [3.63, 3.8) is 0 Å². The summed E-state index contributed by atoms with van der Waals surface area (Å²) in [4.78, 5) is 14.7. The number of amides is 1. The number of hydrogen-bond acceptors (Lipinski definition) is 5. The van der Waals surface area contributed by atoms with Crippen molar-refractivity contribution in [2.45, 2.75) is 29.9 Å². The van der Waals surface area contributed by atoms with Gasteiger partial charge in [-0.15, -0.1) is 0 Å². The van der Waals surface area contributed by atoms with Gasteiger partial charge in [-0.1, -0.05) is 54.6 Å². The van der Waals surface area contributed by atoms with Gasteiger partial charge in [0.1, 0.15) is 11.6 Å². The van der Waals surface area contributed by atoms with Crippen LogP contribution in [-0.2, 0) is 14.9 Å². The first-order valence-electron chi connectivity index (χ1n) is 12.4. The predicted molar refractivity (Wildman–Crippen MR) is 145 cm³/mol. The number of rotatable bonds is 8. The zero-order valence-corrected chi connectivity index (χ0v) is 24.5. The summed E-state index contributed by atoms with van der Waals surface area (Å²) >= 11 is 0. The molecule has 1 saturated heterocycles. The van der Waals surface area contributed by atoms with Crippen molar-refractivity contribution >= 4 is 21.7 Å². The number of hydrogen-bond donors (Lipinski definition) is 3. The van der Waals surface area contributed by atoms with Crippen molar-refractivity contribution in [1.82, 2.24) is 0 Å². The molecule has 5 rings (SSSR count). The van der Waals surface area contributed by atoms with Gasteiger partial charge < -0.3 is 16.5 Å². The van der Waals surface area contributed by atoms with Crippen molar-refractivity contribution in [3.05, 3.63) is 114 Å². The molecule has 1 heterocycles. The monoisotopic (exact) mass is 571 g/mol. The second-order valence-electron chi connectivity index (χ2n) is 9.51. The molecule has 40 heavy (non-hydrogen) atoms. The van der Waals surface area contributed by atoms with E-state index in [1.165, 1.54) is 48.5 Å². The van der Waals surface area contributed by atoms with E-state index in [-0.39, 0.29) is 54.0 Å². The van der Waals surface area contributed by atoms with Crippen LogP contribution >= 0.6 is 0 Å². The van der Waals surface area contributed by atoms with Gasteiger partial charge in [0.05, 0.1) is 23.0 Å². The molecule has 0 saturated carbocycles. The minimum absolute atomic E-state index is 0. The fourth-order valence-electron chi connectivity index (χ4n) is 5.04. The average Bonchev–Trinajstić information content (AvgIpc) is 2.92. The summed E-state index contributed by atoms with van der Waals surface area (Å²) in [7, 11) is -4.32. The van der Waals surface area contributed by atoms with Crippen LogP contribution in [0.2, 0.25) is 0 Å². The van der Waals surface area contributed by atoms with E-state index in [9.17, 15) is 32.4 Å². The maximum Gasteiger partial charge on any atom is 1.00 e. The molecule has 10 heteroatoms. The summed E-state index contributed by atoms with van der Waals surface area (Å²) in [5.41, 5.74) is 3.04. The molecule has 0 unspecified atom stereocenters. The van der Waals surface area contributed by atoms with Crippen LogP contribution in [0.3, 0.4) is 0 Å². The van der Waals surface area contributed by atoms with E-state index < -0.39 is 34.0 Å². The second kappa shape index (κ2) is 12.2. The van der Waals surface area contributed by atoms with E-state index in [0.717, 1.165) is 0 Å². The zero-order chi connectivity index (χ0) is 27.7. The molecule has 1 fully saturated rings. The van der Waals surface area contributed by atoms with Crippen LogP contribution in [0.25, 0.3) is 11.1 Å². The van der Waals surface area contributed by atoms with Crippen LogP contribution < -0.4 is 34.5 Å². The molecular formula is C30H27FNNaO6S. The molecule has 0 aromatic heterocycles. The third-order valence-electron chi connectivity index (χ3n) is 7.09. The van der Waals surface area contributed by atoms with E-state index in [0.29, 0.717) is 34.4 Å². The Labute approximate surface area is 255 Å². The summed E-state index contributed by atoms with van der Waals surface area (Å²) in [5.74, 6) is -1.05. The summed E-state index contributed by atoms with van der Waals surface area (Å²) in [6.07, 6.45) is -0.240. The van der Waals surface area contributed by atoms with Crippen molar-refractivity contribution in [2.24, 2.45) is 5.92 Å². The van der Waals surface area contributed by atoms with Crippen LogP contribution in [0.15, 0.2) is 102 Å². The molecule has 4 aromatic carbocycles. The van der Waals surface area contributed by atoms with Gasteiger partial charge in [0.15, 0.2) is 0 Å². The van der Waals surface area contributed by atoms with Gasteiger partial charge in [-0.25, -0.2) is 4.39 Å². The number of anilines is 1. The predicted octanol–water partition coefficient (Wildman–Crippen LogP) is 2.78. The first-order chi connectivity index (χ1) is 18.6. The Morgan fingerprint density at radius 2 is 1.52 bits per heavy atom. The van der Waals surface area contributed by atoms with E-state index in [1.807, 2.05) is 30.3 Å². The van der Waals surface area contributed by atoms with Gasteiger partial charge in [-0.3, -0.25) is 9.35 Å². The number of carbonyl (C=O) groups is 1. The Kier molecular flexibility index (Phi) is 9.14. The number of halogens is 1. The van der Waals surface area contributed by atoms with E-state index >= 15 is 0 Å². The van der Waals surface area contributed by atoms with Crippen LogP contribution in [0.4, 0.5) is 10.1 Å². The number of phenolic OH excluding ortho intramolecular Hbond substituents is 1. The Morgan fingerprint density at radius 3 is 2.12 bits per heavy atom. The summed E-state index contributed by atoms with van der Waals surface area (Å²) in [5, 5.41) is 21.7. The van der Waals surface area contributed by atoms with Crippen LogP contribution in [-0.4, -0.2) is 29.1 Å². The van der Waals surface area contributed by atoms with Crippen molar-refractivity contribution in [2.75, 3.05) is 4.90 Å². The number of nitrogens with zero attached hydrogens (tertiary/aromatic N) is 1.